The summed E-state index contributed by atoms with van der Waals surface area (Å²) in [5, 5.41) is 0. The highest BCUT2D eigenvalue weighted by Gasteiger charge is 2.24. The van der Waals surface area contributed by atoms with E-state index in [9.17, 15) is 0 Å². The molecular formula is C8H20O4P2S2. The summed E-state index contributed by atoms with van der Waals surface area (Å²) in [6.45, 7) is 0.524. The van der Waals surface area contributed by atoms with Crippen molar-refractivity contribution in [3.05, 3.63) is 0 Å². The molecule has 0 aromatic rings. The highest BCUT2D eigenvalue weighted by atomic mass is 32.5. The summed E-state index contributed by atoms with van der Waals surface area (Å²) in [7, 11) is 3.13. The number of rotatable bonds is 9. The minimum atomic E-state index is -2.21. The van der Waals surface area contributed by atoms with Crippen molar-refractivity contribution in [1.29, 1.82) is 0 Å². The Morgan fingerprint density at radius 1 is 0.812 bits per heavy atom. The first-order valence-electron chi connectivity index (χ1n) is 5.04. The fourth-order valence-electron chi connectivity index (χ4n) is 1.06. The van der Waals surface area contributed by atoms with E-state index in [-0.39, 0.29) is 0 Å². The van der Waals surface area contributed by atoms with Gasteiger partial charge in [-0.05, 0) is 37.5 Å². The van der Waals surface area contributed by atoms with Crippen molar-refractivity contribution in [2.45, 2.75) is 13.8 Å². The molecule has 0 aliphatic rings. The van der Waals surface area contributed by atoms with Gasteiger partial charge in [-0.25, -0.2) is 0 Å². The van der Waals surface area contributed by atoms with E-state index < -0.39 is 13.0 Å². The van der Waals surface area contributed by atoms with Crippen LogP contribution in [-0.2, 0) is 41.7 Å². The van der Waals surface area contributed by atoms with E-state index in [4.69, 9.17) is 41.7 Å². The maximum atomic E-state index is 5.52. The van der Waals surface area contributed by atoms with E-state index in [0.29, 0.717) is 25.5 Å². The summed E-state index contributed by atoms with van der Waals surface area (Å²) in [6, 6.07) is 0. The van der Waals surface area contributed by atoms with Crippen molar-refractivity contribution in [3.63, 3.8) is 0 Å². The van der Waals surface area contributed by atoms with Gasteiger partial charge in [0.05, 0.1) is 13.2 Å². The molecule has 0 atom stereocenters. The largest absolute Gasteiger partial charge is 0.333 e. The summed E-state index contributed by atoms with van der Waals surface area (Å²) >= 11 is 10.7. The molecule has 0 aromatic carbocycles. The maximum absolute atomic E-state index is 5.52. The van der Waals surface area contributed by atoms with Gasteiger partial charge in [0, 0.05) is 26.5 Å². The van der Waals surface area contributed by atoms with Gasteiger partial charge in [-0.2, -0.15) is 0 Å². The molecule has 0 N–H and O–H groups in total. The summed E-state index contributed by atoms with van der Waals surface area (Å²) in [4.78, 5) is 0. The van der Waals surface area contributed by atoms with Gasteiger partial charge in [0.2, 0.25) is 0 Å². The van der Waals surface area contributed by atoms with E-state index >= 15 is 0 Å². The van der Waals surface area contributed by atoms with Gasteiger partial charge < -0.3 is 18.1 Å². The molecule has 0 bridgehead atoms. The molecule has 0 amide bonds. The summed E-state index contributed by atoms with van der Waals surface area (Å²) in [5.41, 5.74) is 0. The van der Waals surface area contributed by atoms with E-state index in [2.05, 4.69) is 0 Å². The molecule has 16 heavy (non-hydrogen) atoms. The zero-order chi connectivity index (χ0) is 12.7. The molecule has 0 rings (SSSR count). The average molecular weight is 306 g/mol. The quantitative estimate of drug-likeness (QED) is 0.610. The molecule has 0 saturated heterocycles. The second kappa shape index (κ2) is 8.28. The molecule has 0 fully saturated rings. The molecule has 0 radical (unpaired) electrons. The van der Waals surface area contributed by atoms with E-state index in [1.165, 1.54) is 0 Å². The topological polar surface area (TPSA) is 36.9 Å². The molecule has 4 nitrogen and oxygen atoms in total. The van der Waals surface area contributed by atoms with E-state index in [0.717, 1.165) is 0 Å². The Hall–Kier alpha value is 1.14. The van der Waals surface area contributed by atoms with Crippen LogP contribution in [0, 0.1) is 0 Å². The molecule has 0 heterocycles. The normalized spacial score (nSPS) is 13.0. The van der Waals surface area contributed by atoms with Crippen LogP contribution < -0.4 is 0 Å². The van der Waals surface area contributed by atoms with Crippen molar-refractivity contribution in [1.82, 2.24) is 0 Å². The van der Waals surface area contributed by atoms with Crippen LogP contribution in [0.15, 0.2) is 0 Å². The molecule has 98 valence electrons. The molecule has 0 aliphatic carbocycles. The Morgan fingerprint density at radius 2 is 1.19 bits per heavy atom. The monoisotopic (exact) mass is 306 g/mol. The highest BCUT2D eigenvalue weighted by Crippen LogP contribution is 2.55. The molecule has 0 spiro atoms. The van der Waals surface area contributed by atoms with Crippen molar-refractivity contribution in [2.24, 2.45) is 0 Å². The lowest BCUT2D eigenvalue weighted by atomic mass is 10.9. The van der Waals surface area contributed by atoms with Crippen LogP contribution in [0.4, 0.5) is 0 Å². The minimum Gasteiger partial charge on any atom is -0.333 e. The molecule has 0 saturated carbocycles. The second-order valence-electron chi connectivity index (χ2n) is 2.87. The Kier molecular flexibility index (Phi) is 8.87. The first kappa shape index (κ1) is 17.1. The summed E-state index contributed by atoms with van der Waals surface area (Å²) in [5.74, 6) is 0. The predicted molar refractivity (Wildman–Crippen MR) is 75.6 cm³/mol. The summed E-state index contributed by atoms with van der Waals surface area (Å²) in [6.07, 6.45) is 1.19. The first-order valence-corrected chi connectivity index (χ1v) is 10.7. The van der Waals surface area contributed by atoms with Crippen LogP contribution in [0.2, 0.25) is 0 Å². The molecule has 0 aromatic heterocycles. The van der Waals surface area contributed by atoms with Crippen molar-refractivity contribution >= 4 is 36.6 Å². The third-order valence-electron chi connectivity index (χ3n) is 1.86. The van der Waals surface area contributed by atoms with Crippen molar-refractivity contribution in [2.75, 3.05) is 39.8 Å². The van der Waals surface area contributed by atoms with E-state index in [1.54, 1.807) is 14.2 Å². The standard InChI is InChI=1S/C8H20O4P2S2/c1-5-11-14(16,12-6-2)8-7-13(15,9-3)10-4/h5-8H2,1-4H3. The molecule has 0 unspecified atom stereocenters. The summed E-state index contributed by atoms with van der Waals surface area (Å²) < 4.78 is 21.4. The van der Waals surface area contributed by atoms with Gasteiger partial charge in [-0.1, -0.05) is 0 Å². The highest BCUT2D eigenvalue weighted by molar-refractivity contribution is 8.12. The molecule has 8 heteroatoms. The van der Waals surface area contributed by atoms with Gasteiger partial charge in [-0.15, -0.1) is 0 Å². The number of hydrogen-bond donors (Lipinski definition) is 0. The van der Waals surface area contributed by atoms with E-state index in [1.807, 2.05) is 13.8 Å². The van der Waals surface area contributed by atoms with Crippen LogP contribution in [0.3, 0.4) is 0 Å². The lowest BCUT2D eigenvalue weighted by molar-refractivity contribution is 0.267. The van der Waals surface area contributed by atoms with Crippen LogP contribution in [0.25, 0.3) is 0 Å². The van der Waals surface area contributed by atoms with Gasteiger partial charge in [-0.3, -0.25) is 0 Å². The Labute approximate surface area is 108 Å². The van der Waals surface area contributed by atoms with Gasteiger partial charge >= 0.3 is 0 Å². The SMILES string of the molecule is CCOP(=S)(CCP(=S)(OC)OC)OCC. The fourth-order valence-corrected chi connectivity index (χ4v) is 6.76. The smallest absolute Gasteiger partial charge is 0.189 e. The predicted octanol–water partition coefficient (Wildman–Crippen LogP) is 2.97. The van der Waals surface area contributed by atoms with Crippen LogP contribution in [0.5, 0.6) is 0 Å². The number of hydrogen-bond acceptors (Lipinski definition) is 6. The Morgan fingerprint density at radius 3 is 1.50 bits per heavy atom. The van der Waals surface area contributed by atoms with Crippen LogP contribution in [-0.4, -0.2) is 39.8 Å². The van der Waals surface area contributed by atoms with Crippen molar-refractivity contribution < 1.29 is 18.1 Å². The molecule has 0 aliphatic heterocycles. The van der Waals surface area contributed by atoms with Crippen LogP contribution in [0.1, 0.15) is 13.8 Å². The zero-order valence-corrected chi connectivity index (χ0v) is 13.6. The lowest BCUT2D eigenvalue weighted by Gasteiger charge is -2.24. The third-order valence-corrected chi connectivity index (χ3v) is 8.79. The minimum absolute atomic E-state index is 0.556. The lowest BCUT2D eigenvalue weighted by Crippen LogP contribution is -2.05. The molecular weight excluding hydrogens is 286 g/mol. The Balaban J connectivity index is 4.42. The van der Waals surface area contributed by atoms with Crippen LogP contribution >= 0.6 is 13.0 Å². The zero-order valence-electron chi connectivity index (χ0n) is 10.2. The van der Waals surface area contributed by atoms with Gasteiger partial charge in [0.1, 0.15) is 0 Å². The fraction of sp³-hybridized carbons (Fsp3) is 1.00. The average Bonchev–Trinajstić information content (AvgIpc) is 2.27. The Bertz CT molecular complexity index is 267. The third kappa shape index (κ3) is 6.18. The first-order chi connectivity index (χ1) is 7.45. The van der Waals surface area contributed by atoms with Gasteiger partial charge in [0.15, 0.2) is 13.0 Å². The van der Waals surface area contributed by atoms with Crippen molar-refractivity contribution in [3.8, 4) is 0 Å². The van der Waals surface area contributed by atoms with Gasteiger partial charge in [0.25, 0.3) is 0 Å². The second-order valence-corrected chi connectivity index (χ2v) is 10.8. The maximum Gasteiger partial charge on any atom is 0.189 e.